The average molecular weight is 335 g/mol. The molecular formula is C17H22FN3OS. The zero-order valence-electron chi connectivity index (χ0n) is 13.9. The summed E-state index contributed by atoms with van der Waals surface area (Å²) in [5.41, 5.74) is 4.55. The predicted octanol–water partition coefficient (Wildman–Crippen LogP) is 3.45. The largest absolute Gasteiger partial charge is 0.351 e. The number of hydrogen-bond donors (Lipinski definition) is 2. The molecule has 0 aliphatic carbocycles. The maximum atomic E-state index is 13.4. The van der Waals surface area contributed by atoms with Crippen LogP contribution in [0.2, 0.25) is 0 Å². The van der Waals surface area contributed by atoms with Crippen molar-refractivity contribution in [2.24, 2.45) is 0 Å². The number of benzene rings is 1. The number of halogens is 1. The Kier molecular flexibility index (Phi) is 5.82. The smallest absolute Gasteiger partial charge is 0.227 e. The van der Waals surface area contributed by atoms with Crippen LogP contribution in [-0.2, 0) is 17.1 Å². The Labute approximate surface area is 140 Å². The molecule has 124 valence electrons. The van der Waals surface area contributed by atoms with Crippen LogP contribution in [0.25, 0.3) is 0 Å². The molecule has 2 aromatic rings. The first-order valence-electron chi connectivity index (χ1n) is 7.49. The average Bonchev–Trinajstić information content (AvgIpc) is 2.85. The lowest BCUT2D eigenvalue weighted by atomic mass is 9.98. The maximum absolute atomic E-state index is 13.4. The number of H-pyrrole nitrogens is 1. The summed E-state index contributed by atoms with van der Waals surface area (Å²) >= 11 is 1.63. The van der Waals surface area contributed by atoms with Crippen molar-refractivity contribution in [2.75, 3.05) is 6.26 Å². The topological polar surface area (TPSA) is 57.8 Å². The molecular weight excluding hydrogens is 313 g/mol. The molecule has 1 aromatic heterocycles. The van der Waals surface area contributed by atoms with Gasteiger partial charge in [-0.3, -0.25) is 9.89 Å². The van der Waals surface area contributed by atoms with E-state index in [9.17, 15) is 9.18 Å². The molecule has 0 bridgehead atoms. The van der Waals surface area contributed by atoms with Gasteiger partial charge in [0.15, 0.2) is 0 Å². The van der Waals surface area contributed by atoms with Crippen molar-refractivity contribution in [1.29, 1.82) is 0 Å². The van der Waals surface area contributed by atoms with Crippen molar-refractivity contribution in [3.05, 3.63) is 52.1 Å². The Bertz CT molecular complexity index is 680. The standard InChI is InChI=1S/C17H22FN3OS/c1-10(16-11(2)20-21-12(16)3)17(22)19-8-13-5-6-15(18)7-14(13)9-23-4/h5-7,10H,8-9H2,1-4H3,(H,19,22)(H,20,21). The number of aromatic nitrogens is 2. The van der Waals surface area contributed by atoms with Crippen LogP contribution < -0.4 is 5.32 Å². The summed E-state index contributed by atoms with van der Waals surface area (Å²) in [5.74, 6) is 0.135. The van der Waals surface area contributed by atoms with Gasteiger partial charge in [0.2, 0.25) is 5.91 Å². The molecule has 1 aromatic carbocycles. The number of carbonyl (C=O) groups is 1. The molecule has 0 saturated carbocycles. The van der Waals surface area contributed by atoms with Gasteiger partial charge in [0.1, 0.15) is 5.82 Å². The van der Waals surface area contributed by atoms with Gasteiger partial charge in [0, 0.05) is 23.6 Å². The summed E-state index contributed by atoms with van der Waals surface area (Å²) < 4.78 is 13.4. The first-order chi connectivity index (χ1) is 10.9. The van der Waals surface area contributed by atoms with Crippen LogP contribution in [0.1, 0.15) is 40.9 Å². The molecule has 0 radical (unpaired) electrons. The highest BCUT2D eigenvalue weighted by molar-refractivity contribution is 7.97. The van der Waals surface area contributed by atoms with Gasteiger partial charge in [0.05, 0.1) is 11.6 Å². The number of rotatable bonds is 6. The Morgan fingerprint density at radius 3 is 2.74 bits per heavy atom. The van der Waals surface area contributed by atoms with E-state index in [-0.39, 0.29) is 17.6 Å². The third-order valence-corrected chi connectivity index (χ3v) is 4.53. The fraction of sp³-hybridized carbons (Fsp3) is 0.412. The van der Waals surface area contributed by atoms with Crippen LogP contribution >= 0.6 is 11.8 Å². The minimum atomic E-state index is -0.279. The molecule has 6 heteroatoms. The van der Waals surface area contributed by atoms with Crippen LogP contribution in [0.15, 0.2) is 18.2 Å². The number of carbonyl (C=O) groups excluding carboxylic acids is 1. The van der Waals surface area contributed by atoms with E-state index in [0.717, 1.165) is 33.8 Å². The second-order valence-corrected chi connectivity index (χ2v) is 6.50. The van der Waals surface area contributed by atoms with Crippen LogP contribution in [0.3, 0.4) is 0 Å². The highest BCUT2D eigenvalue weighted by Crippen LogP contribution is 2.22. The third kappa shape index (κ3) is 4.13. The number of aromatic amines is 1. The summed E-state index contributed by atoms with van der Waals surface area (Å²) in [7, 11) is 0. The molecule has 0 saturated heterocycles. The Balaban J connectivity index is 2.07. The molecule has 4 nitrogen and oxygen atoms in total. The number of hydrogen-bond acceptors (Lipinski definition) is 3. The minimum Gasteiger partial charge on any atom is -0.351 e. The molecule has 1 atom stereocenters. The van der Waals surface area contributed by atoms with E-state index in [1.54, 1.807) is 17.8 Å². The third-order valence-electron chi connectivity index (χ3n) is 3.93. The fourth-order valence-electron chi connectivity index (χ4n) is 2.72. The van der Waals surface area contributed by atoms with E-state index in [1.807, 2.05) is 27.0 Å². The monoisotopic (exact) mass is 335 g/mol. The van der Waals surface area contributed by atoms with Crippen LogP contribution in [-0.4, -0.2) is 22.4 Å². The molecule has 2 rings (SSSR count). The summed E-state index contributed by atoms with van der Waals surface area (Å²) in [6, 6.07) is 4.70. The lowest BCUT2D eigenvalue weighted by molar-refractivity contribution is -0.122. The number of nitrogens with zero attached hydrogens (tertiary/aromatic N) is 1. The Hall–Kier alpha value is -1.82. The molecule has 0 fully saturated rings. The Morgan fingerprint density at radius 1 is 1.39 bits per heavy atom. The molecule has 1 amide bonds. The van der Waals surface area contributed by atoms with E-state index in [1.165, 1.54) is 12.1 Å². The van der Waals surface area contributed by atoms with E-state index >= 15 is 0 Å². The van der Waals surface area contributed by atoms with Crippen molar-refractivity contribution in [3.63, 3.8) is 0 Å². The van der Waals surface area contributed by atoms with Crippen molar-refractivity contribution in [1.82, 2.24) is 15.5 Å². The summed E-state index contributed by atoms with van der Waals surface area (Å²) in [6.45, 7) is 6.07. The van der Waals surface area contributed by atoms with Crippen LogP contribution in [0.4, 0.5) is 4.39 Å². The van der Waals surface area contributed by atoms with Gasteiger partial charge in [-0.25, -0.2) is 4.39 Å². The molecule has 0 spiro atoms. The molecule has 23 heavy (non-hydrogen) atoms. The Morgan fingerprint density at radius 2 is 2.13 bits per heavy atom. The van der Waals surface area contributed by atoms with E-state index in [2.05, 4.69) is 15.5 Å². The van der Waals surface area contributed by atoms with Gasteiger partial charge < -0.3 is 5.32 Å². The molecule has 1 heterocycles. The zero-order chi connectivity index (χ0) is 17.0. The first kappa shape index (κ1) is 17.5. The minimum absolute atomic E-state index is 0.0583. The molecule has 1 unspecified atom stereocenters. The normalized spacial score (nSPS) is 12.2. The molecule has 0 aliphatic rings. The summed E-state index contributed by atoms with van der Waals surface area (Å²) in [4.78, 5) is 12.4. The lowest BCUT2D eigenvalue weighted by Gasteiger charge is -2.14. The second-order valence-electron chi connectivity index (χ2n) is 5.63. The predicted molar refractivity (Wildman–Crippen MR) is 91.9 cm³/mol. The van der Waals surface area contributed by atoms with Gasteiger partial charge in [0.25, 0.3) is 0 Å². The quantitative estimate of drug-likeness (QED) is 0.850. The second kappa shape index (κ2) is 7.64. The van der Waals surface area contributed by atoms with Crippen molar-refractivity contribution in [2.45, 2.75) is 39.0 Å². The fourth-order valence-corrected chi connectivity index (χ4v) is 3.30. The van der Waals surface area contributed by atoms with E-state index < -0.39 is 0 Å². The van der Waals surface area contributed by atoms with Gasteiger partial charge in [-0.2, -0.15) is 16.9 Å². The van der Waals surface area contributed by atoms with Gasteiger partial charge >= 0.3 is 0 Å². The summed E-state index contributed by atoms with van der Waals surface area (Å²) in [5, 5.41) is 9.99. The number of nitrogens with one attached hydrogen (secondary N) is 2. The van der Waals surface area contributed by atoms with Crippen LogP contribution in [0, 0.1) is 19.7 Å². The number of aryl methyl sites for hydroxylation is 2. The molecule has 2 N–H and O–H groups in total. The zero-order valence-corrected chi connectivity index (χ0v) is 14.7. The van der Waals surface area contributed by atoms with Crippen LogP contribution in [0.5, 0.6) is 0 Å². The lowest BCUT2D eigenvalue weighted by Crippen LogP contribution is -2.28. The van der Waals surface area contributed by atoms with Gasteiger partial charge in [-0.05, 0) is 50.3 Å². The highest BCUT2D eigenvalue weighted by atomic mass is 32.2. The first-order valence-corrected chi connectivity index (χ1v) is 8.88. The SMILES string of the molecule is CSCc1cc(F)ccc1CNC(=O)C(C)c1c(C)n[nH]c1C. The van der Waals surface area contributed by atoms with Crippen molar-refractivity contribution in [3.8, 4) is 0 Å². The summed E-state index contributed by atoms with van der Waals surface area (Å²) in [6.07, 6.45) is 1.97. The van der Waals surface area contributed by atoms with E-state index in [0.29, 0.717) is 6.54 Å². The maximum Gasteiger partial charge on any atom is 0.227 e. The van der Waals surface area contributed by atoms with E-state index in [4.69, 9.17) is 0 Å². The van der Waals surface area contributed by atoms with Gasteiger partial charge in [-0.15, -0.1) is 0 Å². The molecule has 0 aliphatic heterocycles. The van der Waals surface area contributed by atoms with Gasteiger partial charge in [-0.1, -0.05) is 6.07 Å². The van der Waals surface area contributed by atoms with Crippen molar-refractivity contribution < 1.29 is 9.18 Å². The highest BCUT2D eigenvalue weighted by Gasteiger charge is 2.21. The number of amides is 1. The van der Waals surface area contributed by atoms with Crippen molar-refractivity contribution >= 4 is 17.7 Å². The number of thioether (sulfide) groups is 1.